The number of carbonyl (C=O) groups excluding carboxylic acids is 1. The lowest BCUT2D eigenvalue weighted by Crippen LogP contribution is -2.22. The molecular weight excluding hydrogens is 394 g/mol. The van der Waals surface area contributed by atoms with E-state index in [-0.39, 0.29) is 12.5 Å². The second kappa shape index (κ2) is 9.12. The Bertz CT molecular complexity index is 1070. The zero-order chi connectivity index (χ0) is 21.7. The lowest BCUT2D eigenvalue weighted by atomic mass is 9.85. The molecule has 1 amide bonds. The van der Waals surface area contributed by atoms with Gasteiger partial charge >= 0.3 is 0 Å². The maximum absolute atomic E-state index is 12.9. The van der Waals surface area contributed by atoms with Gasteiger partial charge in [-0.25, -0.2) is 0 Å². The first-order valence-corrected chi connectivity index (χ1v) is 10.6. The fraction of sp³-hybridized carbons (Fsp3) is 0.250. The number of rotatable bonds is 7. The van der Waals surface area contributed by atoms with Crippen LogP contribution in [0, 0.1) is 18.3 Å². The molecule has 3 aromatic rings. The number of aliphatic hydroxyl groups is 1. The van der Waals surface area contributed by atoms with E-state index < -0.39 is 5.41 Å². The molecular formula is C24H25N3O2S. The summed E-state index contributed by atoms with van der Waals surface area (Å²) >= 11 is 1.60. The first-order chi connectivity index (χ1) is 14.4. The molecule has 6 heteroatoms. The molecule has 0 aliphatic rings. The first kappa shape index (κ1) is 21.6. The Balaban J connectivity index is 1.88. The van der Waals surface area contributed by atoms with Crippen LogP contribution in [-0.2, 0) is 5.41 Å². The van der Waals surface area contributed by atoms with Crippen LogP contribution >= 0.6 is 11.3 Å². The van der Waals surface area contributed by atoms with Gasteiger partial charge in [0, 0.05) is 28.9 Å². The molecule has 0 unspecified atom stereocenters. The van der Waals surface area contributed by atoms with Crippen molar-refractivity contribution in [3.8, 4) is 6.07 Å². The SMILES string of the molecule is Cc1ccc(NC(=O)c2cccc(C(C)(C)C#N)c2)cc1N(CCO)c1ccsc1. The monoisotopic (exact) mass is 419 g/mol. The van der Waals surface area contributed by atoms with E-state index in [0.717, 1.165) is 22.5 Å². The molecule has 154 valence electrons. The molecule has 0 atom stereocenters. The molecule has 2 aromatic carbocycles. The highest BCUT2D eigenvalue weighted by Crippen LogP contribution is 2.32. The molecule has 2 N–H and O–H groups in total. The third kappa shape index (κ3) is 4.70. The van der Waals surface area contributed by atoms with Crippen LogP contribution < -0.4 is 10.2 Å². The number of aryl methyl sites for hydroxylation is 1. The Morgan fingerprint density at radius 2 is 2.03 bits per heavy atom. The number of hydrogen-bond donors (Lipinski definition) is 2. The minimum atomic E-state index is -0.668. The molecule has 0 saturated heterocycles. The van der Waals surface area contributed by atoms with E-state index in [4.69, 9.17) is 0 Å². The smallest absolute Gasteiger partial charge is 0.255 e. The highest BCUT2D eigenvalue weighted by atomic mass is 32.1. The Hall–Kier alpha value is -3.14. The molecule has 0 aliphatic carbocycles. The van der Waals surface area contributed by atoms with Gasteiger partial charge in [0.1, 0.15) is 0 Å². The molecule has 0 spiro atoms. The second-order valence-electron chi connectivity index (χ2n) is 7.63. The van der Waals surface area contributed by atoms with Gasteiger partial charge in [-0.2, -0.15) is 16.6 Å². The summed E-state index contributed by atoms with van der Waals surface area (Å²) in [5.41, 5.74) is 4.29. The number of thiophene rings is 1. The summed E-state index contributed by atoms with van der Waals surface area (Å²) in [6.07, 6.45) is 0. The number of nitrogens with zero attached hydrogens (tertiary/aromatic N) is 2. The maximum atomic E-state index is 12.9. The van der Waals surface area contributed by atoms with Gasteiger partial charge in [-0.1, -0.05) is 18.2 Å². The Kier molecular flexibility index (Phi) is 6.56. The number of nitrogens with one attached hydrogen (secondary N) is 1. The largest absolute Gasteiger partial charge is 0.395 e. The summed E-state index contributed by atoms with van der Waals surface area (Å²) in [6.45, 7) is 6.14. The highest BCUT2D eigenvalue weighted by Gasteiger charge is 2.21. The quantitative estimate of drug-likeness (QED) is 0.549. The van der Waals surface area contributed by atoms with Gasteiger partial charge in [0.25, 0.3) is 5.91 Å². The van der Waals surface area contributed by atoms with Crippen molar-refractivity contribution in [2.45, 2.75) is 26.2 Å². The minimum absolute atomic E-state index is 0.0212. The maximum Gasteiger partial charge on any atom is 0.255 e. The standard InChI is InChI=1S/C24H25N3O2S/c1-17-7-8-20(14-22(17)27(10-11-28)21-9-12-30-15-21)26-23(29)18-5-4-6-19(13-18)24(2,3)16-25/h4-9,12-15,28H,10-11H2,1-3H3,(H,26,29). The van der Waals surface area contributed by atoms with Gasteiger partial charge < -0.3 is 15.3 Å². The highest BCUT2D eigenvalue weighted by molar-refractivity contribution is 7.08. The van der Waals surface area contributed by atoms with Gasteiger partial charge in [-0.3, -0.25) is 4.79 Å². The van der Waals surface area contributed by atoms with Crippen molar-refractivity contribution < 1.29 is 9.90 Å². The van der Waals surface area contributed by atoms with Crippen LogP contribution in [0.4, 0.5) is 17.1 Å². The van der Waals surface area contributed by atoms with Crippen LogP contribution in [0.2, 0.25) is 0 Å². The number of anilines is 3. The number of amides is 1. The summed E-state index contributed by atoms with van der Waals surface area (Å²) in [6, 6.07) is 17.2. The molecule has 3 rings (SSSR count). The lowest BCUT2D eigenvalue weighted by Gasteiger charge is -2.25. The summed E-state index contributed by atoms with van der Waals surface area (Å²) in [5, 5.41) is 25.9. The van der Waals surface area contributed by atoms with E-state index in [9.17, 15) is 15.2 Å². The zero-order valence-corrected chi connectivity index (χ0v) is 18.2. The van der Waals surface area contributed by atoms with Gasteiger partial charge in [0.05, 0.1) is 23.8 Å². The Labute approximate surface area is 181 Å². The minimum Gasteiger partial charge on any atom is -0.395 e. The molecule has 30 heavy (non-hydrogen) atoms. The molecule has 1 aromatic heterocycles. The van der Waals surface area contributed by atoms with Crippen LogP contribution in [0.15, 0.2) is 59.3 Å². The van der Waals surface area contributed by atoms with Crippen molar-refractivity contribution in [3.05, 3.63) is 76.0 Å². The average molecular weight is 420 g/mol. The average Bonchev–Trinajstić information content (AvgIpc) is 3.28. The molecule has 0 aliphatic heterocycles. The predicted molar refractivity (Wildman–Crippen MR) is 123 cm³/mol. The third-order valence-electron chi connectivity index (χ3n) is 5.03. The van der Waals surface area contributed by atoms with Gasteiger partial charge in [-0.15, -0.1) is 0 Å². The van der Waals surface area contributed by atoms with Gasteiger partial charge in [0.2, 0.25) is 0 Å². The van der Waals surface area contributed by atoms with E-state index in [0.29, 0.717) is 17.8 Å². The number of hydrogen-bond acceptors (Lipinski definition) is 5. The van der Waals surface area contributed by atoms with E-state index in [1.807, 2.05) is 66.8 Å². The van der Waals surface area contributed by atoms with E-state index in [2.05, 4.69) is 11.4 Å². The van der Waals surface area contributed by atoms with Crippen molar-refractivity contribution in [1.82, 2.24) is 0 Å². The molecule has 0 saturated carbocycles. The summed E-state index contributed by atoms with van der Waals surface area (Å²) in [5.74, 6) is -0.232. The van der Waals surface area contributed by atoms with Crippen LogP contribution in [0.5, 0.6) is 0 Å². The van der Waals surface area contributed by atoms with Crippen LogP contribution in [0.3, 0.4) is 0 Å². The fourth-order valence-electron chi connectivity index (χ4n) is 3.19. The van der Waals surface area contributed by atoms with Gasteiger partial charge in [0.15, 0.2) is 0 Å². The van der Waals surface area contributed by atoms with Crippen LogP contribution in [0.1, 0.15) is 35.3 Å². The summed E-state index contributed by atoms with van der Waals surface area (Å²) in [4.78, 5) is 14.9. The van der Waals surface area contributed by atoms with Gasteiger partial charge in [-0.05, 0) is 67.6 Å². The molecule has 1 heterocycles. The molecule has 0 radical (unpaired) electrons. The lowest BCUT2D eigenvalue weighted by molar-refractivity contribution is 0.102. The van der Waals surface area contributed by atoms with Crippen LogP contribution in [0.25, 0.3) is 0 Å². The number of nitriles is 1. The first-order valence-electron chi connectivity index (χ1n) is 9.70. The summed E-state index contributed by atoms with van der Waals surface area (Å²) in [7, 11) is 0. The third-order valence-corrected chi connectivity index (χ3v) is 5.70. The van der Waals surface area contributed by atoms with E-state index in [1.54, 1.807) is 29.5 Å². The molecule has 0 fully saturated rings. The zero-order valence-electron chi connectivity index (χ0n) is 17.3. The van der Waals surface area contributed by atoms with Crippen molar-refractivity contribution in [2.24, 2.45) is 0 Å². The molecule has 5 nitrogen and oxygen atoms in total. The van der Waals surface area contributed by atoms with Crippen molar-refractivity contribution in [2.75, 3.05) is 23.4 Å². The Morgan fingerprint density at radius 1 is 1.23 bits per heavy atom. The van der Waals surface area contributed by atoms with Crippen molar-refractivity contribution in [1.29, 1.82) is 5.26 Å². The summed E-state index contributed by atoms with van der Waals surface area (Å²) < 4.78 is 0. The second-order valence-corrected chi connectivity index (χ2v) is 8.41. The number of benzene rings is 2. The predicted octanol–water partition coefficient (Wildman–Crippen LogP) is 5.24. The van der Waals surface area contributed by atoms with Crippen LogP contribution in [-0.4, -0.2) is 24.2 Å². The Morgan fingerprint density at radius 3 is 2.70 bits per heavy atom. The number of aliphatic hydroxyl groups excluding tert-OH is 1. The van der Waals surface area contributed by atoms with E-state index in [1.165, 1.54) is 0 Å². The molecule has 0 bridgehead atoms. The van der Waals surface area contributed by atoms with Crippen molar-refractivity contribution in [3.63, 3.8) is 0 Å². The number of carbonyl (C=O) groups is 1. The van der Waals surface area contributed by atoms with E-state index >= 15 is 0 Å². The topological polar surface area (TPSA) is 76.4 Å². The fourth-order valence-corrected chi connectivity index (χ4v) is 3.84. The van der Waals surface area contributed by atoms with Crippen molar-refractivity contribution >= 4 is 34.3 Å². The normalized spacial score (nSPS) is 11.0.